The predicted molar refractivity (Wildman–Crippen MR) is 72.7 cm³/mol. The summed E-state index contributed by atoms with van der Waals surface area (Å²) in [5, 5.41) is 0. The minimum Gasteiger partial charge on any atom is -0.329 e. The average Bonchev–Trinajstić information content (AvgIpc) is 3.10. The van der Waals surface area contributed by atoms with Crippen LogP contribution >= 0.6 is 0 Å². The Labute approximate surface area is 109 Å². The van der Waals surface area contributed by atoms with Crippen LogP contribution in [-0.2, 0) is 6.54 Å². The second-order valence-electron chi connectivity index (χ2n) is 5.99. The molecule has 0 aliphatic heterocycles. The van der Waals surface area contributed by atoms with Gasteiger partial charge in [0.05, 0.1) is 0 Å². The molecule has 2 nitrogen and oxygen atoms in total. The van der Waals surface area contributed by atoms with Crippen molar-refractivity contribution >= 4 is 0 Å². The molecule has 1 aliphatic rings. The summed E-state index contributed by atoms with van der Waals surface area (Å²) in [7, 11) is 2.04. The van der Waals surface area contributed by atoms with Crippen LogP contribution in [0.25, 0.3) is 0 Å². The molecule has 18 heavy (non-hydrogen) atoms. The summed E-state index contributed by atoms with van der Waals surface area (Å²) in [5.74, 6) is -0.135. The number of nitrogens with zero attached hydrogens (tertiary/aromatic N) is 1. The highest BCUT2D eigenvalue weighted by atomic mass is 19.1. The first-order valence-corrected chi connectivity index (χ1v) is 6.58. The molecule has 1 unspecified atom stereocenters. The standard InChI is InChI=1S/C15H23FN2/c1-14(8-9-14)15(2,11-17)18(3)10-12-6-4-5-7-13(12)16/h4-7H,8-11,17H2,1-3H3. The number of likely N-dealkylation sites (N-methyl/N-ethyl adjacent to an activating group) is 1. The van der Waals surface area contributed by atoms with Crippen molar-refractivity contribution in [1.29, 1.82) is 0 Å². The molecular formula is C15H23FN2. The summed E-state index contributed by atoms with van der Waals surface area (Å²) in [6, 6.07) is 6.97. The van der Waals surface area contributed by atoms with Crippen molar-refractivity contribution in [3.63, 3.8) is 0 Å². The van der Waals surface area contributed by atoms with Crippen molar-refractivity contribution in [2.75, 3.05) is 13.6 Å². The quantitative estimate of drug-likeness (QED) is 0.870. The van der Waals surface area contributed by atoms with Crippen LogP contribution in [0, 0.1) is 11.2 Å². The summed E-state index contributed by atoms with van der Waals surface area (Å²) in [5.41, 5.74) is 6.95. The van der Waals surface area contributed by atoms with E-state index in [0.29, 0.717) is 13.1 Å². The lowest BCUT2D eigenvalue weighted by molar-refractivity contribution is 0.0650. The van der Waals surface area contributed by atoms with Gasteiger partial charge < -0.3 is 5.73 Å². The van der Waals surface area contributed by atoms with Crippen molar-refractivity contribution in [3.05, 3.63) is 35.6 Å². The van der Waals surface area contributed by atoms with Crippen LogP contribution in [0.5, 0.6) is 0 Å². The second kappa shape index (κ2) is 4.63. The molecule has 0 heterocycles. The van der Waals surface area contributed by atoms with Gasteiger partial charge in [0.15, 0.2) is 0 Å². The van der Waals surface area contributed by atoms with Crippen LogP contribution in [-0.4, -0.2) is 24.0 Å². The van der Waals surface area contributed by atoms with Crippen molar-refractivity contribution in [3.8, 4) is 0 Å². The number of nitrogens with two attached hydrogens (primary N) is 1. The van der Waals surface area contributed by atoms with Crippen LogP contribution in [0.2, 0.25) is 0 Å². The van der Waals surface area contributed by atoms with Crippen molar-refractivity contribution in [2.24, 2.45) is 11.1 Å². The third-order valence-electron chi connectivity index (χ3n) is 4.91. The molecule has 1 saturated carbocycles. The Balaban J connectivity index is 2.16. The summed E-state index contributed by atoms with van der Waals surface area (Å²) in [4.78, 5) is 2.21. The highest BCUT2D eigenvalue weighted by Gasteiger charge is 2.54. The topological polar surface area (TPSA) is 29.3 Å². The maximum atomic E-state index is 13.7. The number of hydrogen-bond donors (Lipinski definition) is 1. The Morgan fingerprint density at radius 1 is 1.39 bits per heavy atom. The fourth-order valence-electron chi connectivity index (χ4n) is 2.65. The van der Waals surface area contributed by atoms with Crippen LogP contribution in [0.1, 0.15) is 32.3 Å². The summed E-state index contributed by atoms with van der Waals surface area (Å²) < 4.78 is 13.7. The third kappa shape index (κ3) is 2.17. The molecule has 2 N–H and O–H groups in total. The Kier molecular flexibility index (Phi) is 3.47. The Hall–Kier alpha value is -0.930. The van der Waals surface area contributed by atoms with E-state index in [2.05, 4.69) is 18.7 Å². The van der Waals surface area contributed by atoms with Crippen molar-refractivity contribution in [1.82, 2.24) is 4.90 Å². The maximum Gasteiger partial charge on any atom is 0.127 e. The zero-order valence-electron chi connectivity index (χ0n) is 11.5. The molecule has 0 radical (unpaired) electrons. The van der Waals surface area contributed by atoms with E-state index in [0.717, 1.165) is 5.56 Å². The maximum absolute atomic E-state index is 13.7. The fourth-order valence-corrected chi connectivity index (χ4v) is 2.65. The van der Waals surface area contributed by atoms with E-state index in [-0.39, 0.29) is 16.8 Å². The molecule has 0 bridgehead atoms. The van der Waals surface area contributed by atoms with Gasteiger partial charge in [-0.1, -0.05) is 25.1 Å². The van der Waals surface area contributed by atoms with Gasteiger partial charge in [0.1, 0.15) is 5.82 Å². The first-order chi connectivity index (χ1) is 8.43. The van der Waals surface area contributed by atoms with Crippen LogP contribution < -0.4 is 5.73 Å². The number of rotatable bonds is 5. The van der Waals surface area contributed by atoms with E-state index in [4.69, 9.17) is 5.73 Å². The lowest BCUT2D eigenvalue weighted by Gasteiger charge is -2.43. The first kappa shape index (κ1) is 13.5. The van der Waals surface area contributed by atoms with Gasteiger partial charge in [0.25, 0.3) is 0 Å². The van der Waals surface area contributed by atoms with E-state index >= 15 is 0 Å². The highest BCUT2D eigenvalue weighted by molar-refractivity contribution is 5.18. The van der Waals surface area contributed by atoms with E-state index in [1.165, 1.54) is 18.9 Å². The molecule has 1 aliphatic carbocycles. The fraction of sp³-hybridized carbons (Fsp3) is 0.600. The van der Waals surface area contributed by atoms with Crippen LogP contribution in [0.15, 0.2) is 24.3 Å². The molecule has 0 saturated heterocycles. The van der Waals surface area contributed by atoms with Gasteiger partial charge >= 0.3 is 0 Å². The van der Waals surface area contributed by atoms with Gasteiger partial charge in [-0.2, -0.15) is 0 Å². The lowest BCUT2D eigenvalue weighted by Crippen LogP contribution is -2.55. The number of hydrogen-bond acceptors (Lipinski definition) is 2. The molecule has 0 amide bonds. The average molecular weight is 250 g/mol. The minimum absolute atomic E-state index is 0.0602. The second-order valence-corrected chi connectivity index (χ2v) is 5.99. The zero-order valence-corrected chi connectivity index (χ0v) is 11.5. The van der Waals surface area contributed by atoms with Crippen LogP contribution in [0.4, 0.5) is 4.39 Å². The van der Waals surface area contributed by atoms with Crippen molar-refractivity contribution in [2.45, 2.75) is 38.8 Å². The normalized spacial score (nSPS) is 20.8. The van der Waals surface area contributed by atoms with Crippen molar-refractivity contribution < 1.29 is 4.39 Å². The molecule has 1 aromatic rings. The number of halogens is 1. The summed E-state index contributed by atoms with van der Waals surface area (Å²) >= 11 is 0. The molecule has 0 spiro atoms. The summed E-state index contributed by atoms with van der Waals surface area (Å²) in [6.45, 7) is 5.68. The molecular weight excluding hydrogens is 227 g/mol. The predicted octanol–water partition coefficient (Wildman–Crippen LogP) is 2.78. The van der Waals surface area contributed by atoms with Gasteiger partial charge in [0.2, 0.25) is 0 Å². The monoisotopic (exact) mass is 250 g/mol. The first-order valence-electron chi connectivity index (χ1n) is 6.58. The molecule has 1 fully saturated rings. The van der Waals surface area contributed by atoms with E-state index in [1.807, 2.05) is 19.2 Å². The Bertz CT molecular complexity index is 428. The van der Waals surface area contributed by atoms with Gasteiger partial charge in [-0.3, -0.25) is 4.90 Å². The van der Waals surface area contributed by atoms with Gasteiger partial charge in [-0.15, -0.1) is 0 Å². The molecule has 1 atom stereocenters. The van der Waals surface area contributed by atoms with Gasteiger partial charge in [-0.25, -0.2) is 4.39 Å². The Morgan fingerprint density at radius 2 is 2.00 bits per heavy atom. The SMILES string of the molecule is CN(Cc1ccccc1F)C(C)(CN)C1(C)CC1. The van der Waals surface area contributed by atoms with Gasteiger partial charge in [-0.05, 0) is 38.3 Å². The molecule has 0 aromatic heterocycles. The van der Waals surface area contributed by atoms with E-state index in [9.17, 15) is 4.39 Å². The third-order valence-corrected chi connectivity index (χ3v) is 4.91. The number of benzene rings is 1. The largest absolute Gasteiger partial charge is 0.329 e. The molecule has 100 valence electrons. The highest BCUT2D eigenvalue weighted by Crippen LogP contribution is 2.55. The summed E-state index contributed by atoms with van der Waals surface area (Å²) in [6.07, 6.45) is 2.42. The smallest absolute Gasteiger partial charge is 0.127 e. The van der Waals surface area contributed by atoms with Crippen LogP contribution in [0.3, 0.4) is 0 Å². The Morgan fingerprint density at radius 3 is 2.50 bits per heavy atom. The molecule has 2 rings (SSSR count). The lowest BCUT2D eigenvalue weighted by atomic mass is 9.82. The molecule has 1 aromatic carbocycles. The van der Waals surface area contributed by atoms with Gasteiger partial charge in [0, 0.05) is 24.2 Å². The van der Waals surface area contributed by atoms with E-state index < -0.39 is 0 Å². The molecule has 3 heteroatoms. The minimum atomic E-state index is -0.135. The zero-order chi connectivity index (χ0) is 13.4. The van der Waals surface area contributed by atoms with E-state index in [1.54, 1.807) is 6.07 Å².